The molecular weight excluding hydrogens is 244 g/mol. The molecule has 0 spiro atoms. The molecule has 0 saturated carbocycles. The van der Waals surface area contributed by atoms with E-state index < -0.39 is 0 Å². The van der Waals surface area contributed by atoms with Crippen molar-refractivity contribution in [3.05, 3.63) is 11.9 Å². The number of carbonyl (C=O) groups is 1. The summed E-state index contributed by atoms with van der Waals surface area (Å²) < 4.78 is 0. The molecule has 2 unspecified atom stereocenters. The second-order valence-electron chi connectivity index (χ2n) is 5.59. The van der Waals surface area contributed by atoms with Gasteiger partial charge in [0.1, 0.15) is 0 Å². The van der Waals surface area contributed by atoms with Crippen LogP contribution in [0.25, 0.3) is 0 Å². The molecule has 6 nitrogen and oxygen atoms in total. The Balaban J connectivity index is 1.99. The molecule has 1 aromatic heterocycles. The Kier molecular flexibility index (Phi) is 4.19. The predicted molar refractivity (Wildman–Crippen MR) is 70.5 cm³/mol. The zero-order chi connectivity index (χ0) is 13.9. The van der Waals surface area contributed by atoms with Crippen LogP contribution in [-0.4, -0.2) is 34.2 Å². The van der Waals surface area contributed by atoms with Crippen LogP contribution in [0.4, 0.5) is 0 Å². The molecule has 1 saturated heterocycles. The Morgan fingerprint density at radius 3 is 3.11 bits per heavy atom. The van der Waals surface area contributed by atoms with E-state index in [0.717, 1.165) is 38.0 Å². The van der Waals surface area contributed by atoms with E-state index in [0.29, 0.717) is 0 Å². The summed E-state index contributed by atoms with van der Waals surface area (Å²) in [5.74, 6) is -0.366. The first kappa shape index (κ1) is 14.0. The van der Waals surface area contributed by atoms with E-state index in [9.17, 15) is 4.79 Å². The van der Waals surface area contributed by atoms with Gasteiger partial charge < -0.3 is 10.2 Å². The number of rotatable bonds is 5. The molecule has 1 fully saturated rings. The number of hydrogen-bond donors (Lipinski definition) is 1. The number of nitrogens with one attached hydrogen (secondary N) is 1. The molecule has 6 heteroatoms. The summed E-state index contributed by atoms with van der Waals surface area (Å²) in [4.78, 5) is 18.2. The first-order valence-corrected chi connectivity index (χ1v) is 6.91. The molecule has 0 aromatic carbocycles. The lowest BCUT2D eigenvalue weighted by atomic mass is 9.87. The van der Waals surface area contributed by atoms with E-state index in [1.54, 1.807) is 6.20 Å². The quantitative estimate of drug-likeness (QED) is 0.803. The van der Waals surface area contributed by atoms with Crippen molar-refractivity contribution in [1.29, 1.82) is 0 Å². The normalized spacial score (nSPS) is 24.4. The second kappa shape index (κ2) is 5.69. The van der Waals surface area contributed by atoms with Crippen LogP contribution in [-0.2, 0) is 10.2 Å². The Bertz CT molecular complexity index is 438. The molecular formula is C13H22N4O2. The average Bonchev–Trinajstić information content (AvgIpc) is 2.99. The highest BCUT2D eigenvalue weighted by atomic mass is 16.7. The van der Waals surface area contributed by atoms with E-state index in [4.69, 9.17) is 4.84 Å². The van der Waals surface area contributed by atoms with Crippen LogP contribution in [0.15, 0.2) is 6.20 Å². The monoisotopic (exact) mass is 266 g/mol. The number of hydrogen-bond acceptors (Lipinski definition) is 5. The largest absolute Gasteiger partial charge is 0.337 e. The number of carbonyl (C=O) groups excluding carboxylic acids is 1. The van der Waals surface area contributed by atoms with Gasteiger partial charge in [-0.2, -0.15) is 0 Å². The van der Waals surface area contributed by atoms with E-state index in [1.165, 1.54) is 4.85 Å². The summed E-state index contributed by atoms with van der Waals surface area (Å²) >= 11 is 0. The fourth-order valence-corrected chi connectivity index (χ4v) is 2.34. The fourth-order valence-electron chi connectivity index (χ4n) is 2.34. The summed E-state index contributed by atoms with van der Waals surface area (Å²) in [6.45, 7) is 7.92. The van der Waals surface area contributed by atoms with Crippen LogP contribution >= 0.6 is 0 Å². The Hall–Kier alpha value is -1.43. The molecule has 1 aliphatic heterocycles. The lowest BCUT2D eigenvalue weighted by molar-refractivity contribution is -0.150. The summed E-state index contributed by atoms with van der Waals surface area (Å²) in [5, 5.41) is 11.3. The van der Waals surface area contributed by atoms with E-state index in [2.05, 4.69) is 22.6 Å². The molecule has 0 radical (unpaired) electrons. The van der Waals surface area contributed by atoms with Gasteiger partial charge in [0.2, 0.25) is 0 Å². The van der Waals surface area contributed by atoms with Crippen LogP contribution in [0.2, 0.25) is 0 Å². The van der Waals surface area contributed by atoms with Gasteiger partial charge in [-0.1, -0.05) is 32.0 Å². The maximum atomic E-state index is 11.8. The summed E-state index contributed by atoms with van der Waals surface area (Å²) in [6.07, 6.45) is 4.51. The average molecular weight is 266 g/mol. The minimum absolute atomic E-state index is 0.0142. The smallest absolute Gasteiger partial charge is 0.318 e. The van der Waals surface area contributed by atoms with Gasteiger partial charge in [-0.05, 0) is 24.6 Å². The summed E-state index contributed by atoms with van der Waals surface area (Å²) in [7, 11) is 0. The van der Waals surface area contributed by atoms with Crippen molar-refractivity contribution in [1.82, 2.24) is 20.5 Å². The maximum Gasteiger partial charge on any atom is 0.337 e. The first-order valence-electron chi connectivity index (χ1n) is 6.91. The SMILES string of the molecule is CCCC(C)C(=O)On1cc(C2(C)CCNC2)nn1. The van der Waals surface area contributed by atoms with Gasteiger partial charge in [0, 0.05) is 12.0 Å². The van der Waals surface area contributed by atoms with Gasteiger partial charge in [-0.3, -0.25) is 0 Å². The molecule has 2 rings (SSSR count). The molecule has 0 aliphatic carbocycles. The molecule has 2 atom stereocenters. The van der Waals surface area contributed by atoms with Gasteiger partial charge >= 0.3 is 5.97 Å². The second-order valence-corrected chi connectivity index (χ2v) is 5.59. The van der Waals surface area contributed by atoms with Crippen LogP contribution in [0.3, 0.4) is 0 Å². The Morgan fingerprint density at radius 1 is 1.68 bits per heavy atom. The van der Waals surface area contributed by atoms with Crippen LogP contribution in [0.5, 0.6) is 0 Å². The van der Waals surface area contributed by atoms with Crippen molar-refractivity contribution >= 4 is 5.97 Å². The van der Waals surface area contributed by atoms with Gasteiger partial charge in [-0.25, -0.2) is 4.79 Å². The van der Waals surface area contributed by atoms with Crippen molar-refractivity contribution < 1.29 is 9.63 Å². The van der Waals surface area contributed by atoms with Crippen molar-refractivity contribution in [2.45, 2.75) is 45.4 Å². The van der Waals surface area contributed by atoms with Gasteiger partial charge in [0.25, 0.3) is 0 Å². The predicted octanol–water partition coefficient (Wildman–Crippen LogP) is 0.920. The van der Waals surface area contributed by atoms with Crippen LogP contribution in [0.1, 0.15) is 45.7 Å². The Morgan fingerprint density at radius 2 is 2.47 bits per heavy atom. The van der Waals surface area contributed by atoms with Crippen molar-refractivity contribution in [3.8, 4) is 0 Å². The Labute approximate surface area is 113 Å². The zero-order valence-electron chi connectivity index (χ0n) is 11.8. The van der Waals surface area contributed by atoms with Crippen LogP contribution < -0.4 is 10.2 Å². The number of aromatic nitrogens is 3. The lowest BCUT2D eigenvalue weighted by Crippen LogP contribution is -2.27. The third-order valence-corrected chi connectivity index (χ3v) is 3.77. The summed E-state index contributed by atoms with van der Waals surface area (Å²) in [6, 6.07) is 0. The molecule has 2 heterocycles. The fraction of sp³-hybridized carbons (Fsp3) is 0.769. The molecule has 0 amide bonds. The van der Waals surface area contributed by atoms with E-state index >= 15 is 0 Å². The third-order valence-electron chi connectivity index (χ3n) is 3.77. The summed E-state index contributed by atoms with van der Waals surface area (Å²) in [5.41, 5.74) is 0.855. The molecule has 106 valence electrons. The highest BCUT2D eigenvalue weighted by Crippen LogP contribution is 2.27. The highest BCUT2D eigenvalue weighted by Gasteiger charge is 2.33. The highest BCUT2D eigenvalue weighted by molar-refractivity contribution is 5.72. The molecule has 19 heavy (non-hydrogen) atoms. The van der Waals surface area contributed by atoms with Crippen molar-refractivity contribution in [2.24, 2.45) is 5.92 Å². The molecule has 1 aromatic rings. The molecule has 0 bridgehead atoms. The molecule has 1 N–H and O–H groups in total. The minimum Gasteiger partial charge on any atom is -0.318 e. The number of nitrogens with zero attached hydrogens (tertiary/aromatic N) is 3. The van der Waals surface area contributed by atoms with E-state index in [1.807, 2.05) is 13.8 Å². The first-order chi connectivity index (χ1) is 9.05. The lowest BCUT2D eigenvalue weighted by Gasteiger charge is -2.18. The van der Waals surface area contributed by atoms with Crippen molar-refractivity contribution in [2.75, 3.05) is 13.1 Å². The van der Waals surface area contributed by atoms with E-state index in [-0.39, 0.29) is 17.3 Å². The minimum atomic E-state index is -0.256. The standard InChI is InChI=1S/C13H22N4O2/c1-4-5-10(2)12(18)19-17-8-11(15-16-17)13(3)6-7-14-9-13/h8,10,14H,4-7,9H2,1-3H3. The van der Waals surface area contributed by atoms with Gasteiger partial charge in [0.05, 0.1) is 17.8 Å². The topological polar surface area (TPSA) is 69.0 Å². The van der Waals surface area contributed by atoms with Crippen LogP contribution in [0, 0.1) is 5.92 Å². The maximum absolute atomic E-state index is 11.8. The van der Waals surface area contributed by atoms with Gasteiger partial charge in [0.15, 0.2) is 0 Å². The van der Waals surface area contributed by atoms with Crippen molar-refractivity contribution in [3.63, 3.8) is 0 Å². The zero-order valence-corrected chi connectivity index (χ0v) is 11.8. The van der Waals surface area contributed by atoms with Gasteiger partial charge in [-0.15, -0.1) is 5.10 Å². The third kappa shape index (κ3) is 3.12. The molecule has 1 aliphatic rings.